The molecule has 1 aromatic rings. The Bertz CT molecular complexity index is 633. The van der Waals surface area contributed by atoms with Crippen LogP contribution in [-0.2, 0) is 20.5 Å². The van der Waals surface area contributed by atoms with Gasteiger partial charge < -0.3 is 15.8 Å². The molecule has 8 nitrogen and oxygen atoms in total. The van der Waals surface area contributed by atoms with Crippen molar-refractivity contribution in [3.05, 3.63) is 33.9 Å². The van der Waals surface area contributed by atoms with Crippen LogP contribution in [0.1, 0.15) is 12.5 Å². The van der Waals surface area contributed by atoms with E-state index in [1.807, 2.05) is 0 Å². The lowest BCUT2D eigenvalue weighted by atomic mass is 10.1. The third-order valence-electron chi connectivity index (χ3n) is 2.60. The zero-order valence-electron chi connectivity index (χ0n) is 11.7. The van der Waals surface area contributed by atoms with Crippen LogP contribution in [-0.4, -0.2) is 29.4 Å². The van der Waals surface area contributed by atoms with E-state index in [-0.39, 0.29) is 5.69 Å². The topological polar surface area (TPSA) is 125 Å². The predicted octanol–water partition coefficient (Wildman–Crippen LogP) is 1.44. The maximum Gasteiger partial charge on any atom is 0.416 e. The molecule has 0 bridgehead atoms. The monoisotopic (exact) mass is 335 g/mol. The average molecular weight is 335 g/mol. The molecule has 1 amide bonds. The maximum absolute atomic E-state index is 12.6. The molecule has 1 aromatic carbocycles. The third-order valence-corrected chi connectivity index (χ3v) is 2.60. The summed E-state index contributed by atoms with van der Waals surface area (Å²) in [6.45, 7) is 0.574. The van der Waals surface area contributed by atoms with Crippen LogP contribution in [0.15, 0.2) is 18.2 Å². The molecule has 11 heteroatoms. The van der Waals surface area contributed by atoms with E-state index in [2.05, 4.69) is 10.1 Å². The third kappa shape index (κ3) is 5.13. The second-order valence-corrected chi connectivity index (χ2v) is 4.43. The molecule has 1 atom stereocenters. The molecule has 0 fully saturated rings. The van der Waals surface area contributed by atoms with E-state index in [0.29, 0.717) is 12.1 Å². The first kappa shape index (κ1) is 18.2. The minimum absolute atomic E-state index is 0.300. The van der Waals surface area contributed by atoms with Crippen LogP contribution < -0.4 is 11.1 Å². The SMILES string of the molecule is C[C@H](Nc1ccc(C(F)(F)F)cc1[N+](=O)[O-])C(=O)OCC(N)=O. The Morgan fingerprint density at radius 3 is 2.52 bits per heavy atom. The molecule has 0 heterocycles. The molecule has 0 unspecified atom stereocenters. The number of ether oxygens (including phenoxy) is 1. The van der Waals surface area contributed by atoms with Crippen molar-refractivity contribution in [3.8, 4) is 0 Å². The maximum atomic E-state index is 12.6. The molecule has 0 aromatic heterocycles. The number of alkyl halides is 3. The van der Waals surface area contributed by atoms with Crippen molar-refractivity contribution < 1.29 is 32.4 Å². The minimum atomic E-state index is -4.74. The van der Waals surface area contributed by atoms with Gasteiger partial charge in [-0.05, 0) is 19.1 Å². The Morgan fingerprint density at radius 1 is 1.43 bits per heavy atom. The highest BCUT2D eigenvalue weighted by atomic mass is 19.4. The number of esters is 1. The number of nitrogens with zero attached hydrogens (tertiary/aromatic N) is 1. The molecule has 0 saturated heterocycles. The number of carbonyl (C=O) groups excluding carboxylic acids is 2. The van der Waals surface area contributed by atoms with Crippen LogP contribution in [0.2, 0.25) is 0 Å². The molecule has 0 aliphatic heterocycles. The van der Waals surface area contributed by atoms with E-state index in [1.165, 1.54) is 6.92 Å². The molecule has 0 aliphatic carbocycles. The van der Waals surface area contributed by atoms with Gasteiger partial charge in [0, 0.05) is 6.07 Å². The number of nitrogens with one attached hydrogen (secondary N) is 1. The summed E-state index contributed by atoms with van der Waals surface area (Å²) in [5, 5.41) is 13.2. The summed E-state index contributed by atoms with van der Waals surface area (Å²) in [5.74, 6) is -1.84. The number of nitrogens with two attached hydrogens (primary N) is 1. The molecule has 0 spiro atoms. The van der Waals surface area contributed by atoms with Gasteiger partial charge in [0.25, 0.3) is 11.6 Å². The summed E-state index contributed by atoms with van der Waals surface area (Å²) in [7, 11) is 0. The van der Waals surface area contributed by atoms with Gasteiger partial charge in [-0.15, -0.1) is 0 Å². The first-order chi connectivity index (χ1) is 10.5. The smallest absolute Gasteiger partial charge is 0.416 e. The first-order valence-corrected chi connectivity index (χ1v) is 6.09. The summed E-state index contributed by atoms with van der Waals surface area (Å²) in [5.41, 5.74) is 2.43. The van der Waals surface area contributed by atoms with Gasteiger partial charge in [0.1, 0.15) is 11.7 Å². The molecular formula is C12H12F3N3O5. The van der Waals surface area contributed by atoms with E-state index in [0.717, 1.165) is 6.07 Å². The average Bonchev–Trinajstić information content (AvgIpc) is 2.43. The van der Waals surface area contributed by atoms with Crippen molar-refractivity contribution in [1.29, 1.82) is 0 Å². The number of halogens is 3. The number of primary amides is 1. The molecule has 3 N–H and O–H groups in total. The second-order valence-electron chi connectivity index (χ2n) is 4.43. The number of carbonyl (C=O) groups is 2. The molecule has 126 valence electrons. The lowest BCUT2D eigenvalue weighted by Crippen LogP contribution is -2.31. The van der Waals surface area contributed by atoms with E-state index < -0.39 is 46.9 Å². The first-order valence-electron chi connectivity index (χ1n) is 6.09. The number of hydrogen-bond donors (Lipinski definition) is 2. The van der Waals surface area contributed by atoms with E-state index in [4.69, 9.17) is 5.73 Å². The number of anilines is 1. The Hall–Kier alpha value is -2.85. The van der Waals surface area contributed by atoms with Gasteiger partial charge in [0.15, 0.2) is 6.61 Å². The fraction of sp³-hybridized carbons (Fsp3) is 0.333. The molecule has 0 radical (unpaired) electrons. The highest BCUT2D eigenvalue weighted by Gasteiger charge is 2.33. The van der Waals surface area contributed by atoms with Crippen molar-refractivity contribution in [3.63, 3.8) is 0 Å². The van der Waals surface area contributed by atoms with Gasteiger partial charge in [-0.2, -0.15) is 13.2 Å². The van der Waals surface area contributed by atoms with Crippen molar-refractivity contribution in [2.45, 2.75) is 19.1 Å². The van der Waals surface area contributed by atoms with Gasteiger partial charge >= 0.3 is 12.1 Å². The van der Waals surface area contributed by atoms with E-state index >= 15 is 0 Å². The predicted molar refractivity (Wildman–Crippen MR) is 71.3 cm³/mol. The number of benzene rings is 1. The lowest BCUT2D eigenvalue weighted by molar-refractivity contribution is -0.384. The van der Waals surface area contributed by atoms with E-state index in [9.17, 15) is 32.9 Å². The van der Waals surface area contributed by atoms with Gasteiger partial charge in [-0.1, -0.05) is 0 Å². The summed E-state index contributed by atoms with van der Waals surface area (Å²) >= 11 is 0. The fourth-order valence-electron chi connectivity index (χ4n) is 1.54. The molecule has 0 aliphatic rings. The number of hydrogen-bond acceptors (Lipinski definition) is 6. The molecule has 23 heavy (non-hydrogen) atoms. The second kappa shape index (κ2) is 6.94. The van der Waals surface area contributed by atoms with Crippen LogP contribution in [0.25, 0.3) is 0 Å². The van der Waals surface area contributed by atoms with Crippen LogP contribution in [0.3, 0.4) is 0 Å². The standard InChI is InChI=1S/C12H12F3N3O5/c1-6(11(20)23-5-10(16)19)17-8-3-2-7(12(13,14)15)4-9(8)18(21)22/h2-4,6,17H,5H2,1H3,(H2,16,19)/t6-/m0/s1. The fourth-order valence-corrected chi connectivity index (χ4v) is 1.54. The van der Waals surface area contributed by atoms with Crippen LogP contribution in [0.5, 0.6) is 0 Å². The summed E-state index contributed by atoms with van der Waals surface area (Å²) in [4.78, 5) is 31.9. The number of rotatable bonds is 6. The van der Waals surface area contributed by atoms with Crippen molar-refractivity contribution in [1.82, 2.24) is 0 Å². The molecule has 1 rings (SSSR count). The van der Waals surface area contributed by atoms with Crippen LogP contribution in [0, 0.1) is 10.1 Å². The number of nitro benzene ring substituents is 1. The molecule has 0 saturated carbocycles. The quantitative estimate of drug-likeness (QED) is 0.460. The summed E-state index contributed by atoms with van der Waals surface area (Å²) in [6, 6.07) is 0.671. The summed E-state index contributed by atoms with van der Waals surface area (Å²) in [6.07, 6.45) is -4.74. The highest BCUT2D eigenvalue weighted by Crippen LogP contribution is 2.35. The Balaban J connectivity index is 2.97. The van der Waals surface area contributed by atoms with Gasteiger partial charge in [0.2, 0.25) is 0 Å². The zero-order chi connectivity index (χ0) is 17.8. The minimum Gasteiger partial charge on any atom is -0.454 e. The summed E-state index contributed by atoms with van der Waals surface area (Å²) < 4.78 is 42.2. The zero-order valence-corrected chi connectivity index (χ0v) is 11.7. The number of amides is 1. The van der Waals surface area contributed by atoms with Crippen molar-refractivity contribution in [2.24, 2.45) is 5.73 Å². The Morgan fingerprint density at radius 2 is 2.04 bits per heavy atom. The normalized spacial score (nSPS) is 12.3. The van der Waals surface area contributed by atoms with Gasteiger partial charge in [-0.3, -0.25) is 14.9 Å². The Labute approximate surface area is 127 Å². The highest BCUT2D eigenvalue weighted by molar-refractivity contribution is 5.83. The molecular weight excluding hydrogens is 323 g/mol. The van der Waals surface area contributed by atoms with Gasteiger partial charge in [-0.25, -0.2) is 4.79 Å². The van der Waals surface area contributed by atoms with E-state index in [1.54, 1.807) is 0 Å². The van der Waals surface area contributed by atoms with Crippen molar-refractivity contribution >= 4 is 23.3 Å². The largest absolute Gasteiger partial charge is 0.454 e. The van der Waals surface area contributed by atoms with Crippen LogP contribution in [0.4, 0.5) is 24.5 Å². The Kier molecular flexibility index (Phi) is 5.49. The van der Waals surface area contributed by atoms with Crippen LogP contribution >= 0.6 is 0 Å². The van der Waals surface area contributed by atoms with Gasteiger partial charge in [0.05, 0.1) is 10.5 Å². The lowest BCUT2D eigenvalue weighted by Gasteiger charge is -2.15. The number of nitro groups is 1. The van der Waals surface area contributed by atoms with Crippen molar-refractivity contribution in [2.75, 3.05) is 11.9 Å².